The number of aromatic nitrogens is 2. The molecule has 0 aromatic carbocycles. The molecule has 1 aliphatic rings. The highest BCUT2D eigenvalue weighted by Crippen LogP contribution is 2.30. The molecule has 0 radical (unpaired) electrons. The molecule has 0 bridgehead atoms. The predicted molar refractivity (Wildman–Crippen MR) is 84.1 cm³/mol. The molecule has 21 heavy (non-hydrogen) atoms. The van der Waals surface area contributed by atoms with Crippen LogP contribution in [0, 0.1) is 17.2 Å². The van der Waals surface area contributed by atoms with Gasteiger partial charge in [0.05, 0.1) is 5.69 Å². The summed E-state index contributed by atoms with van der Waals surface area (Å²) < 4.78 is 0. The first-order valence-corrected chi connectivity index (χ1v) is 7.91. The Morgan fingerprint density at radius 1 is 1.33 bits per heavy atom. The summed E-state index contributed by atoms with van der Waals surface area (Å²) in [5.41, 5.74) is 8.61. The first kappa shape index (κ1) is 15.7. The number of nitriles is 1. The first-order valence-electron chi connectivity index (χ1n) is 7.91. The van der Waals surface area contributed by atoms with Gasteiger partial charge in [0.15, 0.2) is 5.82 Å². The summed E-state index contributed by atoms with van der Waals surface area (Å²) >= 11 is 0. The molecule has 5 nitrogen and oxygen atoms in total. The lowest BCUT2D eigenvalue weighted by atomic mass is 9.91. The zero-order chi connectivity index (χ0) is 15.4. The molecule has 5 heteroatoms. The normalized spacial score (nSPS) is 22.1. The van der Waals surface area contributed by atoms with Crippen molar-refractivity contribution < 1.29 is 0 Å². The molecule has 0 spiro atoms. The minimum atomic E-state index is 0.257. The van der Waals surface area contributed by atoms with Gasteiger partial charge in [0, 0.05) is 19.1 Å². The van der Waals surface area contributed by atoms with Crippen LogP contribution in [-0.2, 0) is 12.8 Å². The number of nitrogens with two attached hydrogens (primary N) is 1. The van der Waals surface area contributed by atoms with Gasteiger partial charge in [0.1, 0.15) is 11.6 Å². The second-order valence-corrected chi connectivity index (χ2v) is 5.86. The predicted octanol–water partition coefficient (Wildman–Crippen LogP) is 2.04. The van der Waals surface area contributed by atoms with Gasteiger partial charge in [-0.2, -0.15) is 10.4 Å². The minimum absolute atomic E-state index is 0.257. The number of hydrogen-bond donors (Lipinski definition) is 1. The van der Waals surface area contributed by atoms with Gasteiger partial charge >= 0.3 is 0 Å². The smallest absolute Gasteiger partial charge is 0.169 e. The zero-order valence-electron chi connectivity index (χ0n) is 13.3. The Morgan fingerprint density at radius 3 is 2.67 bits per heavy atom. The fourth-order valence-corrected chi connectivity index (χ4v) is 3.23. The maximum absolute atomic E-state index is 9.62. The van der Waals surface area contributed by atoms with Crippen molar-refractivity contribution in [2.75, 3.05) is 18.0 Å². The quantitative estimate of drug-likeness (QED) is 0.916. The van der Waals surface area contributed by atoms with Crippen molar-refractivity contribution in [3.63, 3.8) is 0 Å². The molecule has 0 amide bonds. The Kier molecular flexibility index (Phi) is 5.13. The molecule has 2 atom stereocenters. The molecule has 2 N–H and O–H groups in total. The standard InChI is InChI=1S/C16H25N5/c1-4-13-14(10-18)16(20-19-15(13)5-2)21-7-6-11(3)8-12(21)9-17/h11-12H,4-9,17H2,1-3H3. The number of piperidine rings is 1. The van der Waals surface area contributed by atoms with E-state index in [9.17, 15) is 5.26 Å². The number of aryl methyl sites for hydroxylation is 1. The van der Waals surface area contributed by atoms with E-state index in [0.717, 1.165) is 49.3 Å². The Labute approximate surface area is 127 Å². The van der Waals surface area contributed by atoms with E-state index in [1.807, 2.05) is 0 Å². The Bertz CT molecular complexity index is 534. The number of rotatable bonds is 4. The highest BCUT2D eigenvalue weighted by Gasteiger charge is 2.29. The van der Waals surface area contributed by atoms with Crippen molar-refractivity contribution in [2.24, 2.45) is 11.7 Å². The molecule has 1 saturated heterocycles. The Hall–Kier alpha value is -1.67. The Balaban J connectivity index is 2.46. The summed E-state index contributed by atoms with van der Waals surface area (Å²) in [4.78, 5) is 2.20. The van der Waals surface area contributed by atoms with E-state index < -0.39 is 0 Å². The second kappa shape index (κ2) is 6.86. The summed E-state index contributed by atoms with van der Waals surface area (Å²) in [7, 11) is 0. The number of hydrogen-bond acceptors (Lipinski definition) is 5. The van der Waals surface area contributed by atoms with Gasteiger partial charge in [-0.05, 0) is 37.2 Å². The van der Waals surface area contributed by atoms with Crippen LogP contribution in [-0.4, -0.2) is 29.3 Å². The van der Waals surface area contributed by atoms with E-state index in [1.54, 1.807) is 0 Å². The first-order chi connectivity index (χ1) is 10.2. The summed E-state index contributed by atoms with van der Waals surface area (Å²) in [5, 5.41) is 18.3. The van der Waals surface area contributed by atoms with Crippen LogP contribution in [0.25, 0.3) is 0 Å². The van der Waals surface area contributed by atoms with Crippen LogP contribution in [0.2, 0.25) is 0 Å². The van der Waals surface area contributed by atoms with E-state index in [4.69, 9.17) is 5.73 Å². The molecule has 2 unspecified atom stereocenters. The van der Waals surface area contributed by atoms with E-state index >= 15 is 0 Å². The van der Waals surface area contributed by atoms with E-state index in [2.05, 4.69) is 41.9 Å². The van der Waals surface area contributed by atoms with Crippen LogP contribution in [0.15, 0.2) is 0 Å². The average molecular weight is 287 g/mol. The summed E-state index contributed by atoms with van der Waals surface area (Å²) in [5.74, 6) is 1.41. The van der Waals surface area contributed by atoms with E-state index in [0.29, 0.717) is 18.0 Å². The third-order valence-electron chi connectivity index (χ3n) is 4.46. The van der Waals surface area contributed by atoms with Crippen LogP contribution >= 0.6 is 0 Å². The van der Waals surface area contributed by atoms with Crippen molar-refractivity contribution in [3.8, 4) is 6.07 Å². The molecule has 114 valence electrons. The molecule has 2 heterocycles. The third-order valence-corrected chi connectivity index (χ3v) is 4.46. The van der Waals surface area contributed by atoms with E-state index in [-0.39, 0.29) is 6.04 Å². The van der Waals surface area contributed by atoms with Gasteiger partial charge in [-0.3, -0.25) is 0 Å². The van der Waals surface area contributed by atoms with Crippen molar-refractivity contribution in [3.05, 3.63) is 16.8 Å². The SMILES string of the molecule is CCc1nnc(N2CCC(C)CC2CN)c(C#N)c1CC. The molecular weight excluding hydrogens is 262 g/mol. The minimum Gasteiger partial charge on any atom is -0.350 e. The fraction of sp³-hybridized carbons (Fsp3) is 0.688. The van der Waals surface area contributed by atoms with Gasteiger partial charge < -0.3 is 10.6 Å². The summed E-state index contributed by atoms with van der Waals surface area (Å²) in [6.07, 6.45) is 3.79. The molecular formula is C16H25N5. The summed E-state index contributed by atoms with van der Waals surface area (Å²) in [6.45, 7) is 7.87. The maximum atomic E-state index is 9.62. The molecule has 1 aromatic rings. The van der Waals surface area contributed by atoms with E-state index in [1.165, 1.54) is 0 Å². The van der Waals surface area contributed by atoms with Crippen molar-refractivity contribution in [2.45, 2.75) is 52.5 Å². The highest BCUT2D eigenvalue weighted by molar-refractivity contribution is 5.59. The van der Waals surface area contributed by atoms with Crippen LogP contribution in [0.1, 0.15) is 50.4 Å². The second-order valence-electron chi connectivity index (χ2n) is 5.86. The maximum Gasteiger partial charge on any atom is 0.169 e. The average Bonchev–Trinajstić information content (AvgIpc) is 2.53. The van der Waals surface area contributed by atoms with Crippen LogP contribution in [0.3, 0.4) is 0 Å². The van der Waals surface area contributed by atoms with Gasteiger partial charge in [0.2, 0.25) is 0 Å². The lowest BCUT2D eigenvalue weighted by Gasteiger charge is -2.39. The van der Waals surface area contributed by atoms with Gasteiger partial charge in [-0.25, -0.2) is 0 Å². The summed E-state index contributed by atoms with van der Waals surface area (Å²) in [6, 6.07) is 2.61. The topological polar surface area (TPSA) is 78.8 Å². The van der Waals surface area contributed by atoms with Crippen molar-refractivity contribution in [1.29, 1.82) is 5.26 Å². The monoisotopic (exact) mass is 287 g/mol. The molecule has 1 aliphatic heterocycles. The lowest BCUT2D eigenvalue weighted by molar-refractivity contribution is 0.364. The lowest BCUT2D eigenvalue weighted by Crippen LogP contribution is -2.47. The van der Waals surface area contributed by atoms with Crippen molar-refractivity contribution in [1.82, 2.24) is 10.2 Å². The van der Waals surface area contributed by atoms with Crippen molar-refractivity contribution >= 4 is 5.82 Å². The zero-order valence-corrected chi connectivity index (χ0v) is 13.3. The fourth-order valence-electron chi connectivity index (χ4n) is 3.23. The van der Waals surface area contributed by atoms with Crippen LogP contribution in [0.4, 0.5) is 5.82 Å². The van der Waals surface area contributed by atoms with Gasteiger partial charge in [-0.1, -0.05) is 20.8 Å². The van der Waals surface area contributed by atoms with Gasteiger partial charge in [-0.15, -0.1) is 5.10 Å². The molecule has 0 saturated carbocycles. The largest absolute Gasteiger partial charge is 0.350 e. The Morgan fingerprint density at radius 2 is 2.10 bits per heavy atom. The van der Waals surface area contributed by atoms with Crippen LogP contribution in [0.5, 0.6) is 0 Å². The number of anilines is 1. The third kappa shape index (κ3) is 3.01. The van der Waals surface area contributed by atoms with Crippen LogP contribution < -0.4 is 10.6 Å². The number of nitrogens with zero attached hydrogens (tertiary/aromatic N) is 4. The molecule has 2 rings (SSSR count). The molecule has 1 fully saturated rings. The highest BCUT2D eigenvalue weighted by atomic mass is 15.3. The van der Waals surface area contributed by atoms with Gasteiger partial charge in [0.25, 0.3) is 0 Å². The molecule has 1 aromatic heterocycles. The molecule has 0 aliphatic carbocycles.